The van der Waals surface area contributed by atoms with Crippen LogP contribution in [0.2, 0.25) is 0 Å². The summed E-state index contributed by atoms with van der Waals surface area (Å²) in [6.07, 6.45) is 3.81. The standard InChI is InChI=1S/C14H19BrN2O2/c1-3-11(4-2)9-16-17-14(18)10-19-13-7-5-6-12(15)8-13/h5-9,11H,3-4,10H2,1-2H3,(H,17,18)/b16-9-. The molecule has 1 amide bonds. The summed E-state index contributed by atoms with van der Waals surface area (Å²) < 4.78 is 6.26. The SMILES string of the molecule is CCC(/C=N\NC(=O)COc1cccc(Br)c1)CC. The number of ether oxygens (including phenoxy) is 1. The highest BCUT2D eigenvalue weighted by molar-refractivity contribution is 9.10. The highest BCUT2D eigenvalue weighted by Gasteiger charge is 2.02. The van der Waals surface area contributed by atoms with Crippen LogP contribution < -0.4 is 10.2 Å². The molecule has 5 heteroatoms. The van der Waals surface area contributed by atoms with Gasteiger partial charge in [0.15, 0.2) is 6.61 Å². The van der Waals surface area contributed by atoms with Gasteiger partial charge in [-0.2, -0.15) is 5.10 Å². The number of rotatable bonds is 7. The summed E-state index contributed by atoms with van der Waals surface area (Å²) in [7, 11) is 0. The number of carbonyl (C=O) groups excluding carboxylic acids is 1. The molecule has 1 N–H and O–H groups in total. The molecule has 1 rings (SSSR count). The Labute approximate surface area is 122 Å². The van der Waals surface area contributed by atoms with Crippen LogP contribution in [0.25, 0.3) is 0 Å². The van der Waals surface area contributed by atoms with Crippen molar-refractivity contribution < 1.29 is 9.53 Å². The molecule has 0 unspecified atom stereocenters. The van der Waals surface area contributed by atoms with Gasteiger partial charge in [0.2, 0.25) is 0 Å². The molecule has 1 aromatic carbocycles. The topological polar surface area (TPSA) is 50.7 Å². The van der Waals surface area contributed by atoms with E-state index >= 15 is 0 Å². The maximum Gasteiger partial charge on any atom is 0.277 e. The second-order valence-corrected chi connectivity index (χ2v) is 5.05. The van der Waals surface area contributed by atoms with Gasteiger partial charge < -0.3 is 4.74 Å². The van der Waals surface area contributed by atoms with Crippen LogP contribution in [0.3, 0.4) is 0 Å². The molecule has 0 aliphatic rings. The van der Waals surface area contributed by atoms with Crippen molar-refractivity contribution in [3.05, 3.63) is 28.7 Å². The van der Waals surface area contributed by atoms with E-state index in [1.165, 1.54) is 0 Å². The van der Waals surface area contributed by atoms with Crippen molar-refractivity contribution in [2.75, 3.05) is 6.61 Å². The van der Waals surface area contributed by atoms with Crippen LogP contribution in [-0.2, 0) is 4.79 Å². The molecule has 0 spiro atoms. The monoisotopic (exact) mass is 326 g/mol. The summed E-state index contributed by atoms with van der Waals surface area (Å²) in [5, 5.41) is 3.93. The van der Waals surface area contributed by atoms with Crippen molar-refractivity contribution in [3.8, 4) is 5.75 Å². The molecule has 0 saturated carbocycles. The minimum absolute atomic E-state index is 0.0449. The lowest BCUT2D eigenvalue weighted by molar-refractivity contribution is -0.123. The van der Waals surface area contributed by atoms with Gasteiger partial charge in [-0.25, -0.2) is 5.43 Å². The van der Waals surface area contributed by atoms with Crippen molar-refractivity contribution in [2.24, 2.45) is 11.0 Å². The maximum absolute atomic E-state index is 11.5. The van der Waals surface area contributed by atoms with Crippen LogP contribution in [-0.4, -0.2) is 18.7 Å². The quantitative estimate of drug-likeness (QED) is 0.617. The van der Waals surface area contributed by atoms with Gasteiger partial charge in [0, 0.05) is 10.7 Å². The Hall–Kier alpha value is -1.36. The van der Waals surface area contributed by atoms with Gasteiger partial charge in [-0.1, -0.05) is 35.8 Å². The predicted octanol–water partition coefficient (Wildman–Crippen LogP) is 3.37. The Kier molecular flexibility index (Phi) is 7.18. The van der Waals surface area contributed by atoms with E-state index in [1.54, 1.807) is 18.3 Å². The number of nitrogens with one attached hydrogen (secondary N) is 1. The molecule has 0 radical (unpaired) electrons. The first-order chi connectivity index (χ1) is 9.15. The lowest BCUT2D eigenvalue weighted by atomic mass is 10.1. The molecule has 1 aromatic rings. The number of benzene rings is 1. The average Bonchev–Trinajstić information content (AvgIpc) is 2.41. The van der Waals surface area contributed by atoms with Crippen LogP contribution in [0.1, 0.15) is 26.7 Å². The summed E-state index contributed by atoms with van der Waals surface area (Å²) >= 11 is 3.34. The Morgan fingerprint density at radius 3 is 2.84 bits per heavy atom. The molecule has 104 valence electrons. The number of hydrogen-bond acceptors (Lipinski definition) is 3. The summed E-state index contributed by atoms with van der Waals surface area (Å²) in [6, 6.07) is 7.35. The molecule has 0 saturated heterocycles. The number of nitrogens with zero attached hydrogens (tertiary/aromatic N) is 1. The summed E-state index contributed by atoms with van der Waals surface area (Å²) in [4.78, 5) is 11.5. The summed E-state index contributed by atoms with van der Waals surface area (Å²) in [5.41, 5.74) is 2.46. The predicted molar refractivity (Wildman–Crippen MR) is 80.3 cm³/mol. The first-order valence-corrected chi connectivity index (χ1v) is 7.15. The van der Waals surface area contributed by atoms with Crippen LogP contribution in [0, 0.1) is 5.92 Å². The van der Waals surface area contributed by atoms with Gasteiger partial charge in [0.05, 0.1) is 0 Å². The number of hydrazone groups is 1. The smallest absolute Gasteiger partial charge is 0.277 e. The Balaban J connectivity index is 2.32. The molecule has 19 heavy (non-hydrogen) atoms. The van der Waals surface area contributed by atoms with Crippen molar-refractivity contribution in [2.45, 2.75) is 26.7 Å². The zero-order valence-corrected chi connectivity index (χ0v) is 12.8. The van der Waals surface area contributed by atoms with Gasteiger partial charge >= 0.3 is 0 Å². The van der Waals surface area contributed by atoms with Crippen LogP contribution in [0.15, 0.2) is 33.8 Å². The van der Waals surface area contributed by atoms with Gasteiger partial charge in [0.25, 0.3) is 5.91 Å². The zero-order valence-electron chi connectivity index (χ0n) is 11.2. The molecule has 0 aromatic heterocycles. The third kappa shape index (κ3) is 6.38. The molecule has 4 nitrogen and oxygen atoms in total. The molecule has 0 aliphatic carbocycles. The summed E-state index contributed by atoms with van der Waals surface area (Å²) in [5.74, 6) is 0.793. The zero-order chi connectivity index (χ0) is 14.1. The lowest BCUT2D eigenvalue weighted by Gasteiger charge is -2.06. The summed E-state index contributed by atoms with van der Waals surface area (Å²) in [6.45, 7) is 4.15. The number of carbonyl (C=O) groups is 1. The van der Waals surface area contributed by atoms with E-state index in [-0.39, 0.29) is 12.5 Å². The van der Waals surface area contributed by atoms with E-state index in [9.17, 15) is 4.79 Å². The molecule has 0 atom stereocenters. The van der Waals surface area contributed by atoms with Gasteiger partial charge in [-0.05, 0) is 37.0 Å². The molecule has 0 fully saturated rings. The first-order valence-electron chi connectivity index (χ1n) is 6.36. The van der Waals surface area contributed by atoms with E-state index in [2.05, 4.69) is 40.3 Å². The lowest BCUT2D eigenvalue weighted by Crippen LogP contribution is -2.25. The van der Waals surface area contributed by atoms with E-state index in [1.807, 2.05) is 12.1 Å². The fraction of sp³-hybridized carbons (Fsp3) is 0.429. The molecule has 0 heterocycles. The van der Waals surface area contributed by atoms with E-state index < -0.39 is 0 Å². The minimum atomic E-state index is -0.262. The Bertz CT molecular complexity index is 431. The van der Waals surface area contributed by atoms with E-state index in [0.29, 0.717) is 11.7 Å². The second kappa shape index (κ2) is 8.69. The van der Waals surface area contributed by atoms with Crippen LogP contribution in [0.4, 0.5) is 0 Å². The second-order valence-electron chi connectivity index (χ2n) is 4.14. The van der Waals surface area contributed by atoms with Crippen molar-refractivity contribution >= 4 is 28.1 Å². The molecule has 0 bridgehead atoms. The Morgan fingerprint density at radius 2 is 2.21 bits per heavy atom. The van der Waals surface area contributed by atoms with Crippen LogP contribution in [0.5, 0.6) is 5.75 Å². The van der Waals surface area contributed by atoms with Gasteiger partial charge in [-0.3, -0.25) is 4.79 Å². The van der Waals surface area contributed by atoms with Crippen molar-refractivity contribution in [3.63, 3.8) is 0 Å². The highest BCUT2D eigenvalue weighted by atomic mass is 79.9. The molecular formula is C14H19BrN2O2. The number of halogens is 1. The minimum Gasteiger partial charge on any atom is -0.484 e. The number of amides is 1. The fourth-order valence-electron chi connectivity index (χ4n) is 1.45. The largest absolute Gasteiger partial charge is 0.484 e. The normalized spacial score (nSPS) is 10.9. The first kappa shape index (κ1) is 15.7. The molecular weight excluding hydrogens is 308 g/mol. The van der Waals surface area contributed by atoms with Crippen LogP contribution >= 0.6 is 15.9 Å². The third-order valence-electron chi connectivity index (χ3n) is 2.69. The highest BCUT2D eigenvalue weighted by Crippen LogP contribution is 2.17. The van der Waals surface area contributed by atoms with Gasteiger partial charge in [-0.15, -0.1) is 0 Å². The fourth-order valence-corrected chi connectivity index (χ4v) is 1.83. The number of hydrogen-bond donors (Lipinski definition) is 1. The van der Waals surface area contributed by atoms with Crippen molar-refractivity contribution in [1.82, 2.24) is 5.43 Å². The molecule has 0 aliphatic heterocycles. The van der Waals surface area contributed by atoms with E-state index in [0.717, 1.165) is 17.3 Å². The average molecular weight is 327 g/mol. The van der Waals surface area contributed by atoms with E-state index in [4.69, 9.17) is 4.74 Å². The maximum atomic E-state index is 11.5. The Morgan fingerprint density at radius 1 is 1.47 bits per heavy atom. The third-order valence-corrected chi connectivity index (χ3v) is 3.18. The van der Waals surface area contributed by atoms with Gasteiger partial charge in [0.1, 0.15) is 5.75 Å². The van der Waals surface area contributed by atoms with Crippen molar-refractivity contribution in [1.29, 1.82) is 0 Å².